The lowest BCUT2D eigenvalue weighted by molar-refractivity contribution is 0.0929. The summed E-state index contributed by atoms with van der Waals surface area (Å²) >= 11 is 0. The molecule has 6 heteroatoms. The summed E-state index contributed by atoms with van der Waals surface area (Å²) in [6.45, 7) is 1.95. The number of hydrogen-bond donors (Lipinski definition) is 3. The van der Waals surface area contributed by atoms with E-state index in [-0.39, 0.29) is 24.4 Å². The maximum Gasteiger partial charge on any atom is 0.251 e. The Bertz CT molecular complexity index is 563. The highest BCUT2D eigenvalue weighted by molar-refractivity contribution is 5.97. The van der Waals surface area contributed by atoms with Crippen LogP contribution in [0.4, 0.5) is 0 Å². The second kappa shape index (κ2) is 6.04. The van der Waals surface area contributed by atoms with Gasteiger partial charge in [-0.3, -0.25) is 4.79 Å². The zero-order valence-electron chi connectivity index (χ0n) is 10.5. The topological polar surface area (TPSA) is 69.8 Å². The van der Waals surface area contributed by atoms with Crippen LogP contribution in [-0.4, -0.2) is 35.0 Å². The van der Waals surface area contributed by atoms with Crippen molar-refractivity contribution >= 4 is 29.3 Å². The summed E-state index contributed by atoms with van der Waals surface area (Å²) in [5.74, 6) is -0.00148. The van der Waals surface area contributed by atoms with Crippen LogP contribution in [0.15, 0.2) is 24.5 Å². The summed E-state index contributed by atoms with van der Waals surface area (Å²) in [4.78, 5) is 19.3. The van der Waals surface area contributed by atoms with E-state index in [1.807, 2.05) is 18.2 Å². The Hall–Kier alpha value is -1.59. The number of nitrogens with one attached hydrogen (secondary N) is 3. The van der Waals surface area contributed by atoms with E-state index in [1.54, 1.807) is 6.33 Å². The Morgan fingerprint density at radius 2 is 2.11 bits per heavy atom. The van der Waals surface area contributed by atoms with E-state index >= 15 is 0 Å². The van der Waals surface area contributed by atoms with E-state index < -0.39 is 0 Å². The highest BCUT2D eigenvalue weighted by atomic mass is 35.5. The van der Waals surface area contributed by atoms with Gasteiger partial charge in [-0.2, -0.15) is 0 Å². The number of imidazole rings is 1. The number of carbonyl (C=O) groups excluding carboxylic acids is 1. The molecule has 1 saturated heterocycles. The summed E-state index contributed by atoms with van der Waals surface area (Å²) in [5.41, 5.74) is 2.46. The van der Waals surface area contributed by atoms with Gasteiger partial charge in [0.15, 0.2) is 0 Å². The molecule has 102 valence electrons. The number of nitrogens with zero attached hydrogens (tertiary/aromatic N) is 1. The lowest BCUT2D eigenvalue weighted by atomic mass is 10.1. The molecule has 1 fully saturated rings. The first kappa shape index (κ1) is 13.8. The number of amides is 1. The first-order valence-electron chi connectivity index (χ1n) is 6.27. The smallest absolute Gasteiger partial charge is 0.251 e. The molecule has 0 bridgehead atoms. The summed E-state index contributed by atoms with van der Waals surface area (Å²) in [6, 6.07) is 5.82. The van der Waals surface area contributed by atoms with E-state index in [4.69, 9.17) is 0 Å². The van der Waals surface area contributed by atoms with Crippen LogP contribution in [0.3, 0.4) is 0 Å². The van der Waals surface area contributed by atoms with E-state index in [9.17, 15) is 4.79 Å². The van der Waals surface area contributed by atoms with E-state index in [1.165, 1.54) is 0 Å². The minimum atomic E-state index is -0.00148. The number of carbonyl (C=O) groups is 1. The number of fused-ring (bicyclic) bond motifs is 1. The monoisotopic (exact) mass is 280 g/mol. The number of halogens is 1. The second-order valence-corrected chi connectivity index (χ2v) is 4.63. The fraction of sp³-hybridized carbons (Fsp3) is 0.385. The Balaban J connectivity index is 0.00000133. The van der Waals surface area contributed by atoms with Gasteiger partial charge >= 0.3 is 0 Å². The molecule has 1 aliphatic heterocycles. The third kappa shape index (κ3) is 3.05. The molecule has 19 heavy (non-hydrogen) atoms. The lowest BCUT2D eigenvalue weighted by Crippen LogP contribution is -2.42. The molecule has 2 heterocycles. The van der Waals surface area contributed by atoms with Crippen LogP contribution in [0.25, 0.3) is 11.0 Å². The Kier molecular flexibility index (Phi) is 4.39. The number of rotatable bonds is 2. The van der Waals surface area contributed by atoms with Crippen LogP contribution in [0.5, 0.6) is 0 Å². The predicted octanol–water partition coefficient (Wildman–Crippen LogP) is 1.47. The molecule has 0 spiro atoms. The average molecular weight is 281 g/mol. The number of hydrogen-bond acceptors (Lipinski definition) is 3. The van der Waals surface area contributed by atoms with Crippen molar-refractivity contribution in [3.63, 3.8) is 0 Å². The number of piperidine rings is 1. The molecule has 0 radical (unpaired) electrons. The van der Waals surface area contributed by atoms with E-state index in [2.05, 4.69) is 20.6 Å². The summed E-state index contributed by atoms with van der Waals surface area (Å²) in [5, 5.41) is 6.36. The maximum absolute atomic E-state index is 12.1. The first-order chi connectivity index (χ1) is 8.83. The van der Waals surface area contributed by atoms with E-state index in [0.29, 0.717) is 5.56 Å². The van der Waals surface area contributed by atoms with Gasteiger partial charge in [-0.1, -0.05) is 0 Å². The fourth-order valence-corrected chi connectivity index (χ4v) is 2.31. The van der Waals surface area contributed by atoms with Crippen LogP contribution in [0, 0.1) is 0 Å². The maximum atomic E-state index is 12.1. The molecule has 1 aromatic carbocycles. The summed E-state index contributed by atoms with van der Waals surface area (Å²) < 4.78 is 0. The highest BCUT2D eigenvalue weighted by Crippen LogP contribution is 2.12. The highest BCUT2D eigenvalue weighted by Gasteiger charge is 2.16. The van der Waals surface area contributed by atoms with Crippen LogP contribution in [-0.2, 0) is 0 Å². The molecule has 2 aromatic rings. The molecule has 0 unspecified atom stereocenters. The Labute approximate surface area is 117 Å². The third-order valence-electron chi connectivity index (χ3n) is 3.36. The van der Waals surface area contributed by atoms with Gasteiger partial charge in [-0.15, -0.1) is 12.4 Å². The molecular formula is C13H17ClN4O. The van der Waals surface area contributed by atoms with Crippen molar-refractivity contribution in [2.24, 2.45) is 0 Å². The molecule has 5 nitrogen and oxygen atoms in total. The molecule has 0 atom stereocenters. The van der Waals surface area contributed by atoms with Crippen molar-refractivity contribution < 1.29 is 4.79 Å². The molecule has 1 aromatic heterocycles. The Morgan fingerprint density at radius 3 is 2.89 bits per heavy atom. The van der Waals surface area contributed by atoms with Gasteiger partial charge in [-0.25, -0.2) is 4.98 Å². The second-order valence-electron chi connectivity index (χ2n) is 4.63. The van der Waals surface area contributed by atoms with Gasteiger partial charge in [0.2, 0.25) is 0 Å². The first-order valence-corrected chi connectivity index (χ1v) is 6.27. The number of aromatic nitrogens is 2. The molecule has 3 rings (SSSR count). The van der Waals surface area contributed by atoms with Crippen molar-refractivity contribution in [3.05, 3.63) is 30.1 Å². The average Bonchev–Trinajstić information content (AvgIpc) is 2.87. The van der Waals surface area contributed by atoms with Crippen molar-refractivity contribution in [1.82, 2.24) is 20.6 Å². The van der Waals surface area contributed by atoms with Crippen molar-refractivity contribution in [3.8, 4) is 0 Å². The minimum absolute atomic E-state index is 0. The van der Waals surface area contributed by atoms with Crippen LogP contribution in [0.2, 0.25) is 0 Å². The summed E-state index contributed by atoms with van der Waals surface area (Å²) in [7, 11) is 0. The molecule has 1 amide bonds. The molecule has 0 aliphatic carbocycles. The number of H-pyrrole nitrogens is 1. The number of aromatic amines is 1. The molecule has 0 saturated carbocycles. The SMILES string of the molecule is Cl.O=C(NC1CCNCC1)c1ccc2nc[nH]c2c1. The lowest BCUT2D eigenvalue weighted by Gasteiger charge is -2.23. The quantitative estimate of drug-likeness (QED) is 0.780. The zero-order valence-corrected chi connectivity index (χ0v) is 11.3. The van der Waals surface area contributed by atoms with Crippen molar-refractivity contribution in [2.75, 3.05) is 13.1 Å². The van der Waals surface area contributed by atoms with Gasteiger partial charge in [-0.05, 0) is 44.1 Å². The summed E-state index contributed by atoms with van der Waals surface area (Å²) in [6.07, 6.45) is 3.63. The van der Waals surface area contributed by atoms with Crippen LogP contribution in [0.1, 0.15) is 23.2 Å². The van der Waals surface area contributed by atoms with Crippen LogP contribution < -0.4 is 10.6 Å². The molecular weight excluding hydrogens is 264 g/mol. The zero-order chi connectivity index (χ0) is 12.4. The molecule has 1 aliphatic rings. The van der Waals surface area contributed by atoms with Gasteiger partial charge in [0.25, 0.3) is 5.91 Å². The van der Waals surface area contributed by atoms with Crippen molar-refractivity contribution in [1.29, 1.82) is 0 Å². The molecule has 3 N–H and O–H groups in total. The van der Waals surface area contributed by atoms with Gasteiger partial charge < -0.3 is 15.6 Å². The van der Waals surface area contributed by atoms with Gasteiger partial charge in [0.1, 0.15) is 0 Å². The Morgan fingerprint density at radius 1 is 1.32 bits per heavy atom. The minimum Gasteiger partial charge on any atom is -0.349 e. The normalized spacial score (nSPS) is 16.0. The van der Waals surface area contributed by atoms with Gasteiger partial charge in [0, 0.05) is 11.6 Å². The van der Waals surface area contributed by atoms with E-state index in [0.717, 1.165) is 37.0 Å². The number of benzene rings is 1. The van der Waals surface area contributed by atoms with Crippen molar-refractivity contribution in [2.45, 2.75) is 18.9 Å². The fourth-order valence-electron chi connectivity index (χ4n) is 2.31. The van der Waals surface area contributed by atoms with Crippen LogP contribution >= 0.6 is 12.4 Å². The predicted molar refractivity (Wildman–Crippen MR) is 76.7 cm³/mol. The van der Waals surface area contributed by atoms with Gasteiger partial charge in [0.05, 0.1) is 17.4 Å². The standard InChI is InChI=1S/C13H16N4O.ClH/c18-13(17-10-3-5-14-6-4-10)9-1-2-11-12(7-9)16-8-15-11;/h1-2,7-8,10,14H,3-6H2,(H,15,16)(H,17,18);1H. The largest absolute Gasteiger partial charge is 0.349 e. The third-order valence-corrected chi connectivity index (χ3v) is 3.36.